The SMILES string of the molecule is O=C(Oc1cc(O)cc2c1CC(OC(=O)c1ccc(O)c(O)c1O)C(c1cc(O)c(O)c(O)c1)O2)c1cc(O)c(O)c(O)c1. The topological polar surface area (TPSA) is 264 Å². The lowest BCUT2D eigenvalue weighted by atomic mass is 9.93. The largest absolute Gasteiger partial charge is 0.508 e. The van der Waals surface area contributed by atoms with Gasteiger partial charge in [-0.1, -0.05) is 0 Å². The van der Waals surface area contributed by atoms with Crippen molar-refractivity contribution in [1.82, 2.24) is 0 Å². The third-order valence-electron chi connectivity index (χ3n) is 6.69. The number of esters is 2. The molecule has 1 heterocycles. The second-order valence-corrected chi connectivity index (χ2v) is 9.60. The summed E-state index contributed by atoms with van der Waals surface area (Å²) in [5.74, 6) is -10.9. The predicted molar refractivity (Wildman–Crippen MR) is 144 cm³/mol. The highest BCUT2D eigenvalue weighted by atomic mass is 16.6. The molecule has 10 N–H and O–H groups in total. The summed E-state index contributed by atoms with van der Waals surface area (Å²) in [6, 6.07) is 7.66. The number of hydrogen-bond acceptors (Lipinski definition) is 15. The summed E-state index contributed by atoms with van der Waals surface area (Å²) in [6.45, 7) is 0. The monoisotopic (exact) mass is 610 g/mol. The van der Waals surface area contributed by atoms with E-state index in [0.717, 1.165) is 48.5 Å². The zero-order valence-electron chi connectivity index (χ0n) is 22.0. The van der Waals surface area contributed by atoms with Crippen molar-refractivity contribution in [1.29, 1.82) is 0 Å². The van der Waals surface area contributed by atoms with Crippen LogP contribution in [0.4, 0.5) is 0 Å². The van der Waals surface area contributed by atoms with Crippen molar-refractivity contribution in [2.24, 2.45) is 0 Å². The average molecular weight is 610 g/mol. The normalized spacial score (nSPS) is 15.5. The van der Waals surface area contributed by atoms with Crippen molar-refractivity contribution < 1.29 is 74.9 Å². The molecular formula is C29H22O15. The first-order valence-electron chi connectivity index (χ1n) is 12.4. The summed E-state index contributed by atoms with van der Waals surface area (Å²) in [5.41, 5.74) is -0.950. The molecule has 0 saturated carbocycles. The van der Waals surface area contributed by atoms with Crippen LogP contribution in [0, 0.1) is 0 Å². The Morgan fingerprint density at radius 3 is 1.86 bits per heavy atom. The Labute approximate surface area is 245 Å². The van der Waals surface area contributed by atoms with Gasteiger partial charge in [0.05, 0.1) is 5.56 Å². The van der Waals surface area contributed by atoms with E-state index >= 15 is 0 Å². The van der Waals surface area contributed by atoms with Crippen molar-refractivity contribution in [3.05, 3.63) is 70.8 Å². The number of rotatable bonds is 5. The first-order valence-corrected chi connectivity index (χ1v) is 12.4. The molecule has 0 fully saturated rings. The molecule has 44 heavy (non-hydrogen) atoms. The standard InChI is InChI=1S/C29H22O15/c30-12-7-20-14(21(8-12)43-28(40)11-5-18(34)25(38)19(35)6-11)9-22(27(42-20)10-3-16(32)24(37)17(33)4-10)44-29(41)13-1-2-15(31)26(39)23(13)36/h1-8,22,27,30-39H,9H2. The fourth-order valence-corrected chi connectivity index (χ4v) is 4.52. The van der Waals surface area contributed by atoms with Crippen LogP contribution < -0.4 is 9.47 Å². The lowest BCUT2D eigenvalue weighted by molar-refractivity contribution is -0.0191. The molecule has 2 atom stereocenters. The molecule has 4 aromatic rings. The second-order valence-electron chi connectivity index (χ2n) is 9.60. The number of fused-ring (bicyclic) bond motifs is 1. The van der Waals surface area contributed by atoms with Gasteiger partial charge in [0.2, 0.25) is 5.75 Å². The van der Waals surface area contributed by atoms with E-state index in [1.165, 1.54) is 0 Å². The Morgan fingerprint density at radius 2 is 1.25 bits per heavy atom. The van der Waals surface area contributed by atoms with Gasteiger partial charge >= 0.3 is 11.9 Å². The Kier molecular flexibility index (Phi) is 7.14. The van der Waals surface area contributed by atoms with Crippen molar-refractivity contribution in [3.63, 3.8) is 0 Å². The molecule has 0 aliphatic carbocycles. The number of carbonyl (C=O) groups excluding carboxylic acids is 2. The maximum absolute atomic E-state index is 13.1. The van der Waals surface area contributed by atoms with Crippen LogP contribution in [0.2, 0.25) is 0 Å². The first kappa shape index (κ1) is 29.1. The van der Waals surface area contributed by atoms with Gasteiger partial charge in [-0.25, -0.2) is 9.59 Å². The second kappa shape index (κ2) is 10.8. The van der Waals surface area contributed by atoms with Gasteiger partial charge in [0.25, 0.3) is 0 Å². The molecule has 0 saturated heterocycles. The van der Waals surface area contributed by atoms with Crippen LogP contribution in [0.1, 0.15) is 37.9 Å². The highest BCUT2D eigenvalue weighted by Crippen LogP contribution is 2.47. The molecule has 0 spiro atoms. The van der Waals surface area contributed by atoms with E-state index in [2.05, 4.69) is 0 Å². The minimum Gasteiger partial charge on any atom is -0.508 e. The average Bonchev–Trinajstić information content (AvgIpc) is 2.96. The van der Waals surface area contributed by atoms with E-state index < -0.39 is 92.8 Å². The molecule has 1 aliphatic rings. The van der Waals surface area contributed by atoms with Crippen LogP contribution in [-0.4, -0.2) is 69.1 Å². The number of hydrogen-bond donors (Lipinski definition) is 10. The van der Waals surface area contributed by atoms with Crippen molar-refractivity contribution in [2.75, 3.05) is 0 Å². The zero-order chi connectivity index (χ0) is 32.0. The van der Waals surface area contributed by atoms with Crippen molar-refractivity contribution in [3.8, 4) is 69.0 Å². The van der Waals surface area contributed by atoms with Crippen molar-refractivity contribution >= 4 is 11.9 Å². The quantitative estimate of drug-likeness (QED) is 0.0884. The maximum atomic E-state index is 13.1. The maximum Gasteiger partial charge on any atom is 0.343 e. The Hall–Kier alpha value is -6.38. The highest BCUT2D eigenvalue weighted by molar-refractivity contribution is 5.94. The number of phenols is 10. The minimum atomic E-state index is -1.41. The molecule has 0 bridgehead atoms. The van der Waals surface area contributed by atoms with Gasteiger partial charge in [0, 0.05) is 29.7 Å². The fourth-order valence-electron chi connectivity index (χ4n) is 4.52. The van der Waals surface area contributed by atoms with Crippen LogP contribution >= 0.6 is 0 Å². The molecule has 0 radical (unpaired) electrons. The molecule has 2 unspecified atom stereocenters. The summed E-state index contributed by atoms with van der Waals surface area (Å²) < 4.78 is 16.9. The summed E-state index contributed by atoms with van der Waals surface area (Å²) in [4.78, 5) is 26.0. The molecule has 228 valence electrons. The highest BCUT2D eigenvalue weighted by Gasteiger charge is 2.38. The van der Waals surface area contributed by atoms with E-state index in [-0.39, 0.29) is 29.0 Å². The number of benzene rings is 4. The summed E-state index contributed by atoms with van der Waals surface area (Å²) in [6.07, 6.45) is -3.11. The van der Waals surface area contributed by atoms with Gasteiger partial charge in [-0.05, 0) is 36.4 Å². The molecular weight excluding hydrogens is 588 g/mol. The summed E-state index contributed by atoms with van der Waals surface area (Å²) in [5, 5.41) is 99.1. The van der Waals surface area contributed by atoms with Gasteiger partial charge in [-0.15, -0.1) is 0 Å². The lowest BCUT2D eigenvalue weighted by Crippen LogP contribution is -2.35. The molecule has 15 nitrogen and oxygen atoms in total. The molecule has 0 aromatic heterocycles. The fraction of sp³-hybridized carbons (Fsp3) is 0.103. The van der Waals surface area contributed by atoms with E-state index in [1.807, 2.05) is 0 Å². The third kappa shape index (κ3) is 5.20. The van der Waals surface area contributed by atoms with Gasteiger partial charge < -0.3 is 65.3 Å². The van der Waals surface area contributed by atoms with Gasteiger partial charge in [-0.2, -0.15) is 0 Å². The number of aromatic hydroxyl groups is 10. The lowest BCUT2D eigenvalue weighted by Gasteiger charge is -2.34. The summed E-state index contributed by atoms with van der Waals surface area (Å²) >= 11 is 0. The van der Waals surface area contributed by atoms with Gasteiger partial charge in [-0.3, -0.25) is 0 Å². The third-order valence-corrected chi connectivity index (χ3v) is 6.69. The summed E-state index contributed by atoms with van der Waals surface area (Å²) in [7, 11) is 0. The van der Waals surface area contributed by atoms with E-state index in [0.29, 0.717) is 0 Å². The van der Waals surface area contributed by atoms with E-state index in [9.17, 15) is 60.7 Å². The van der Waals surface area contributed by atoms with Crippen LogP contribution in [0.25, 0.3) is 0 Å². The van der Waals surface area contributed by atoms with Crippen LogP contribution in [0.3, 0.4) is 0 Å². The van der Waals surface area contributed by atoms with E-state index in [1.54, 1.807) is 0 Å². The molecule has 0 amide bonds. The smallest absolute Gasteiger partial charge is 0.343 e. The number of phenolic OH excluding ortho intramolecular Hbond substituents is 10. The molecule has 1 aliphatic heterocycles. The first-order chi connectivity index (χ1) is 20.7. The van der Waals surface area contributed by atoms with E-state index in [4.69, 9.17) is 14.2 Å². The Bertz CT molecular complexity index is 1780. The number of carbonyl (C=O) groups is 2. The van der Waals surface area contributed by atoms with Crippen LogP contribution in [0.15, 0.2) is 48.5 Å². The van der Waals surface area contributed by atoms with Crippen LogP contribution in [0.5, 0.6) is 69.0 Å². The number of ether oxygens (including phenoxy) is 3. The Balaban J connectivity index is 1.56. The van der Waals surface area contributed by atoms with Crippen LogP contribution in [-0.2, 0) is 11.2 Å². The predicted octanol–water partition coefficient (Wildman–Crippen LogP) is 2.86. The molecule has 15 heteroatoms. The Morgan fingerprint density at radius 1 is 0.659 bits per heavy atom. The van der Waals surface area contributed by atoms with Crippen molar-refractivity contribution in [2.45, 2.75) is 18.6 Å². The minimum absolute atomic E-state index is 0.0315. The van der Waals surface area contributed by atoms with Gasteiger partial charge in [0.15, 0.2) is 52.1 Å². The molecule has 4 aromatic carbocycles. The molecule has 5 rings (SSSR count). The van der Waals surface area contributed by atoms with Gasteiger partial charge in [0.1, 0.15) is 28.9 Å². The zero-order valence-corrected chi connectivity index (χ0v) is 22.0.